The molecule has 0 bridgehead atoms. The van der Waals surface area contributed by atoms with Gasteiger partial charge in [-0.15, -0.1) is 0 Å². The number of halogens is 3. The Hall–Kier alpha value is -3.68. The first kappa shape index (κ1) is 19.6. The second-order valence-corrected chi connectivity index (χ2v) is 6.93. The third-order valence-electron chi connectivity index (χ3n) is 5.17. The second kappa shape index (κ2) is 7.29. The van der Waals surface area contributed by atoms with Gasteiger partial charge in [0, 0.05) is 17.8 Å². The van der Waals surface area contributed by atoms with Crippen LogP contribution in [0, 0.1) is 10.1 Å². The van der Waals surface area contributed by atoms with Crippen molar-refractivity contribution in [3.8, 4) is 0 Å². The summed E-state index contributed by atoms with van der Waals surface area (Å²) in [4.78, 5) is 24.9. The van der Waals surface area contributed by atoms with Crippen molar-refractivity contribution in [3.63, 3.8) is 0 Å². The summed E-state index contributed by atoms with van der Waals surface area (Å²) in [5, 5.41) is 11.0. The van der Waals surface area contributed by atoms with Crippen LogP contribution >= 0.6 is 0 Å². The molecule has 1 saturated heterocycles. The Kier molecular flexibility index (Phi) is 4.77. The highest BCUT2D eigenvalue weighted by atomic mass is 19.4. The van der Waals surface area contributed by atoms with Crippen molar-refractivity contribution >= 4 is 17.3 Å². The Labute approximate surface area is 169 Å². The van der Waals surface area contributed by atoms with Crippen LogP contribution in [0.2, 0.25) is 0 Å². The number of carbonyl (C=O) groups is 1. The van der Waals surface area contributed by atoms with Gasteiger partial charge in [0.05, 0.1) is 22.4 Å². The van der Waals surface area contributed by atoms with Crippen molar-refractivity contribution in [2.75, 3.05) is 4.90 Å². The molecule has 1 aliphatic rings. The van der Waals surface area contributed by atoms with Gasteiger partial charge in [-0.3, -0.25) is 14.9 Å². The predicted octanol–water partition coefficient (Wildman–Crippen LogP) is 5.49. The Balaban J connectivity index is 1.73. The molecule has 152 valence electrons. The molecule has 0 saturated carbocycles. The van der Waals surface area contributed by atoms with E-state index in [2.05, 4.69) is 0 Å². The molecule has 0 aliphatic carbocycles. The van der Waals surface area contributed by atoms with Crippen molar-refractivity contribution < 1.29 is 22.9 Å². The molecule has 0 spiro atoms. The lowest BCUT2D eigenvalue weighted by molar-refractivity contribution is -0.384. The molecule has 4 rings (SSSR count). The summed E-state index contributed by atoms with van der Waals surface area (Å²) < 4.78 is 38.7. The van der Waals surface area contributed by atoms with Gasteiger partial charge in [-0.1, -0.05) is 42.5 Å². The fourth-order valence-corrected chi connectivity index (χ4v) is 3.71. The molecule has 1 amide bonds. The Morgan fingerprint density at radius 2 is 1.43 bits per heavy atom. The fourth-order valence-electron chi connectivity index (χ4n) is 3.71. The topological polar surface area (TPSA) is 63.4 Å². The Morgan fingerprint density at radius 1 is 0.833 bits per heavy atom. The maximum Gasteiger partial charge on any atom is 0.416 e. The first-order chi connectivity index (χ1) is 14.3. The maximum atomic E-state index is 13.0. The predicted molar refractivity (Wildman–Crippen MR) is 104 cm³/mol. The average molecular weight is 412 g/mol. The van der Waals surface area contributed by atoms with Crippen LogP contribution in [0.3, 0.4) is 0 Å². The van der Waals surface area contributed by atoms with Crippen molar-refractivity contribution in [3.05, 3.63) is 106 Å². The van der Waals surface area contributed by atoms with Crippen LogP contribution in [0.1, 0.15) is 28.7 Å². The van der Waals surface area contributed by atoms with Crippen LogP contribution in [-0.2, 0) is 11.0 Å². The number of alkyl halides is 3. The van der Waals surface area contributed by atoms with E-state index in [4.69, 9.17) is 0 Å². The summed E-state index contributed by atoms with van der Waals surface area (Å²) in [5.74, 6) is -0.778. The number of nitrogens with zero attached hydrogens (tertiary/aromatic N) is 2. The zero-order chi connectivity index (χ0) is 21.5. The number of nitro groups is 1. The van der Waals surface area contributed by atoms with Gasteiger partial charge >= 0.3 is 6.18 Å². The minimum atomic E-state index is -4.47. The number of rotatable bonds is 4. The SMILES string of the molecule is O=C1C(c2ccccc2)C(c2ccc([N+](=O)[O-])cc2)N1c1ccc(C(F)(F)F)cc1. The first-order valence-corrected chi connectivity index (χ1v) is 9.07. The van der Waals surface area contributed by atoms with Crippen molar-refractivity contribution in [2.24, 2.45) is 0 Å². The van der Waals surface area contributed by atoms with Crippen LogP contribution in [0.15, 0.2) is 78.9 Å². The van der Waals surface area contributed by atoms with E-state index in [1.807, 2.05) is 18.2 Å². The summed E-state index contributed by atoms with van der Waals surface area (Å²) >= 11 is 0. The van der Waals surface area contributed by atoms with Gasteiger partial charge in [-0.05, 0) is 35.4 Å². The third-order valence-corrected chi connectivity index (χ3v) is 5.17. The molecular weight excluding hydrogens is 397 g/mol. The van der Waals surface area contributed by atoms with Crippen LogP contribution in [0.4, 0.5) is 24.5 Å². The number of anilines is 1. The van der Waals surface area contributed by atoms with Crippen LogP contribution < -0.4 is 4.90 Å². The number of β-lactam (4-membered cyclic amide) rings is 1. The average Bonchev–Trinajstić information content (AvgIpc) is 2.72. The standard InChI is InChI=1S/C22H15F3N2O3/c23-22(24,25)16-8-12-17(13-9-16)26-20(15-6-10-18(11-7-15)27(29)30)19(21(26)28)14-4-2-1-3-5-14/h1-13,19-20H. The van der Waals surface area contributed by atoms with Crippen LogP contribution in [0.25, 0.3) is 0 Å². The van der Waals surface area contributed by atoms with E-state index in [1.165, 1.54) is 29.2 Å². The Bertz CT molecular complexity index is 1080. The molecular formula is C22H15F3N2O3. The van der Waals surface area contributed by atoms with Crippen LogP contribution in [0.5, 0.6) is 0 Å². The van der Waals surface area contributed by atoms with Gasteiger partial charge < -0.3 is 4.90 Å². The number of nitro benzene ring substituents is 1. The van der Waals surface area contributed by atoms with E-state index in [9.17, 15) is 28.1 Å². The van der Waals surface area contributed by atoms with Gasteiger partial charge in [0.1, 0.15) is 0 Å². The molecule has 0 aromatic heterocycles. The molecule has 0 N–H and O–H groups in total. The maximum absolute atomic E-state index is 13.0. The quantitative estimate of drug-likeness (QED) is 0.324. The normalized spacial score (nSPS) is 18.8. The summed E-state index contributed by atoms with van der Waals surface area (Å²) in [7, 11) is 0. The van der Waals surface area contributed by atoms with E-state index in [0.717, 1.165) is 17.7 Å². The lowest BCUT2D eigenvalue weighted by Gasteiger charge is -2.47. The van der Waals surface area contributed by atoms with Crippen molar-refractivity contribution in [1.82, 2.24) is 0 Å². The molecule has 3 aromatic rings. The zero-order valence-corrected chi connectivity index (χ0v) is 15.4. The molecule has 3 aromatic carbocycles. The van der Waals surface area contributed by atoms with Gasteiger partial charge in [0.25, 0.3) is 5.69 Å². The smallest absolute Gasteiger partial charge is 0.303 e. The molecule has 1 heterocycles. The van der Waals surface area contributed by atoms with E-state index < -0.39 is 28.6 Å². The van der Waals surface area contributed by atoms with Crippen molar-refractivity contribution in [2.45, 2.75) is 18.1 Å². The lowest BCUT2D eigenvalue weighted by atomic mass is 9.77. The highest BCUT2D eigenvalue weighted by molar-refractivity contribution is 6.06. The number of carbonyl (C=O) groups excluding carboxylic acids is 1. The van der Waals surface area contributed by atoms with Crippen molar-refractivity contribution in [1.29, 1.82) is 0 Å². The van der Waals surface area contributed by atoms with Gasteiger partial charge in [-0.25, -0.2) is 0 Å². The third kappa shape index (κ3) is 3.41. The van der Waals surface area contributed by atoms with Gasteiger partial charge in [0.2, 0.25) is 5.91 Å². The molecule has 5 nitrogen and oxygen atoms in total. The second-order valence-electron chi connectivity index (χ2n) is 6.93. The summed E-state index contributed by atoms with van der Waals surface area (Å²) in [6.45, 7) is 0. The van der Waals surface area contributed by atoms with E-state index >= 15 is 0 Å². The largest absolute Gasteiger partial charge is 0.416 e. The first-order valence-electron chi connectivity index (χ1n) is 9.07. The van der Waals surface area contributed by atoms with Crippen LogP contribution in [-0.4, -0.2) is 10.8 Å². The highest BCUT2D eigenvalue weighted by Gasteiger charge is 2.49. The molecule has 8 heteroatoms. The van der Waals surface area contributed by atoms with Gasteiger partial charge in [-0.2, -0.15) is 13.2 Å². The molecule has 2 unspecified atom stereocenters. The molecule has 0 radical (unpaired) electrons. The van der Waals surface area contributed by atoms with Gasteiger partial charge in [0.15, 0.2) is 0 Å². The Morgan fingerprint density at radius 3 is 1.97 bits per heavy atom. The monoisotopic (exact) mass is 412 g/mol. The van der Waals surface area contributed by atoms with E-state index in [-0.39, 0.29) is 11.6 Å². The summed E-state index contributed by atoms with van der Waals surface area (Å²) in [6.07, 6.45) is -4.47. The highest BCUT2D eigenvalue weighted by Crippen LogP contribution is 2.49. The summed E-state index contributed by atoms with van der Waals surface area (Å²) in [5.41, 5.74) is 0.888. The zero-order valence-electron chi connectivity index (χ0n) is 15.4. The molecule has 30 heavy (non-hydrogen) atoms. The van der Waals surface area contributed by atoms with E-state index in [0.29, 0.717) is 11.3 Å². The number of hydrogen-bond donors (Lipinski definition) is 0. The number of non-ortho nitro benzene ring substituents is 1. The minimum absolute atomic E-state index is 0.0817. The molecule has 1 fully saturated rings. The number of hydrogen-bond acceptors (Lipinski definition) is 3. The summed E-state index contributed by atoms with van der Waals surface area (Å²) in [6, 6.07) is 18.8. The number of benzene rings is 3. The molecule has 2 atom stereocenters. The minimum Gasteiger partial charge on any atom is -0.303 e. The molecule has 1 aliphatic heterocycles. The number of amides is 1. The lowest BCUT2D eigenvalue weighted by Crippen LogP contribution is -2.53. The fraction of sp³-hybridized carbons (Fsp3) is 0.136. The van der Waals surface area contributed by atoms with E-state index in [1.54, 1.807) is 24.3 Å².